The van der Waals surface area contributed by atoms with E-state index < -0.39 is 18.2 Å². The smallest absolute Gasteiger partial charge is 0.332 e. The van der Waals surface area contributed by atoms with Gasteiger partial charge in [-0.3, -0.25) is 4.79 Å². The van der Waals surface area contributed by atoms with Crippen molar-refractivity contribution in [2.24, 2.45) is 5.92 Å². The van der Waals surface area contributed by atoms with Crippen LogP contribution in [0.2, 0.25) is 0 Å². The van der Waals surface area contributed by atoms with Crippen LogP contribution in [0.4, 0.5) is 0 Å². The normalized spacial score (nSPS) is 33.2. The summed E-state index contributed by atoms with van der Waals surface area (Å²) in [6, 6.07) is 0.251. The maximum absolute atomic E-state index is 12.2. The van der Waals surface area contributed by atoms with E-state index in [0.29, 0.717) is 18.8 Å². The van der Waals surface area contributed by atoms with Crippen LogP contribution < -0.4 is 5.32 Å². The lowest BCUT2D eigenvalue weighted by atomic mass is 9.96. The average molecular weight is 283 g/mol. The Morgan fingerprint density at radius 1 is 1.20 bits per heavy atom. The third-order valence-corrected chi connectivity index (χ3v) is 4.50. The zero-order chi connectivity index (χ0) is 14.5. The summed E-state index contributed by atoms with van der Waals surface area (Å²) in [4.78, 5) is 23.0. The minimum absolute atomic E-state index is 0.123. The third kappa shape index (κ3) is 3.72. The molecule has 2 N–H and O–H groups in total. The number of unbranched alkanes of at least 4 members (excludes halogenated alkanes) is 1. The molecule has 0 aromatic rings. The van der Waals surface area contributed by atoms with Crippen molar-refractivity contribution < 1.29 is 19.4 Å². The van der Waals surface area contributed by atoms with Crippen LogP contribution in [-0.2, 0) is 14.3 Å². The molecule has 1 aliphatic heterocycles. The second-order valence-corrected chi connectivity index (χ2v) is 5.98. The first-order valence-corrected chi connectivity index (χ1v) is 7.80. The fourth-order valence-electron chi connectivity index (χ4n) is 3.33. The van der Waals surface area contributed by atoms with Crippen LogP contribution in [0.3, 0.4) is 0 Å². The summed E-state index contributed by atoms with van der Waals surface area (Å²) in [5.74, 6) is -0.514. The van der Waals surface area contributed by atoms with Gasteiger partial charge >= 0.3 is 5.97 Å². The molecule has 0 spiro atoms. The standard InChI is InChI=1S/C15H25NO4/c1-2-3-5-10-6-4-7-11(10)16-14(17)12-8-9-13(20-12)15(18)19/h10-13H,2-9H2,1H3,(H,16,17)(H,18,19)/t10?,11?,12-,13+/m0/s1. The number of hydrogen-bond donors (Lipinski definition) is 2. The summed E-state index contributed by atoms with van der Waals surface area (Å²) in [6.07, 6.45) is 6.50. The Labute approximate surface area is 120 Å². The second kappa shape index (κ2) is 7.07. The molecule has 1 saturated heterocycles. The van der Waals surface area contributed by atoms with Gasteiger partial charge in [0.1, 0.15) is 6.10 Å². The number of carboxylic acids is 1. The zero-order valence-electron chi connectivity index (χ0n) is 12.1. The van der Waals surface area contributed by atoms with Crippen LogP contribution in [0.1, 0.15) is 58.3 Å². The summed E-state index contributed by atoms with van der Waals surface area (Å²) < 4.78 is 5.30. The fraction of sp³-hybridized carbons (Fsp3) is 0.867. The highest BCUT2D eigenvalue weighted by Crippen LogP contribution is 2.30. The SMILES string of the molecule is CCCCC1CCCC1NC(=O)[C@@H]1CC[C@H](C(=O)O)O1. The van der Waals surface area contributed by atoms with Crippen LogP contribution in [-0.4, -0.2) is 35.2 Å². The predicted octanol–water partition coefficient (Wildman–Crippen LogP) is 2.09. The van der Waals surface area contributed by atoms with Gasteiger partial charge in [-0.15, -0.1) is 0 Å². The van der Waals surface area contributed by atoms with Gasteiger partial charge in [0.2, 0.25) is 5.91 Å². The van der Waals surface area contributed by atoms with Crippen LogP contribution in [0.5, 0.6) is 0 Å². The number of ether oxygens (including phenoxy) is 1. The van der Waals surface area contributed by atoms with E-state index in [-0.39, 0.29) is 11.9 Å². The number of amides is 1. The summed E-state index contributed by atoms with van der Waals surface area (Å²) in [6.45, 7) is 2.18. The molecule has 2 fully saturated rings. The number of carbonyl (C=O) groups is 2. The summed E-state index contributed by atoms with van der Waals surface area (Å²) in [7, 11) is 0. The van der Waals surface area contributed by atoms with Gasteiger partial charge in [-0.1, -0.05) is 26.2 Å². The Hall–Kier alpha value is -1.10. The quantitative estimate of drug-likeness (QED) is 0.782. The summed E-state index contributed by atoms with van der Waals surface area (Å²) in [5, 5.41) is 12.0. The highest BCUT2D eigenvalue weighted by Gasteiger charge is 2.37. The van der Waals surface area contributed by atoms with Gasteiger partial charge in [0, 0.05) is 6.04 Å². The minimum atomic E-state index is -0.970. The van der Waals surface area contributed by atoms with Gasteiger partial charge in [0.25, 0.3) is 0 Å². The molecular formula is C15H25NO4. The van der Waals surface area contributed by atoms with E-state index in [4.69, 9.17) is 9.84 Å². The molecule has 5 nitrogen and oxygen atoms in total. The van der Waals surface area contributed by atoms with Crippen molar-refractivity contribution in [2.75, 3.05) is 0 Å². The van der Waals surface area contributed by atoms with E-state index in [1.165, 1.54) is 32.1 Å². The Bertz CT molecular complexity index is 358. The molecule has 5 heteroatoms. The molecule has 114 valence electrons. The van der Waals surface area contributed by atoms with Crippen molar-refractivity contribution >= 4 is 11.9 Å². The number of carboxylic acid groups (broad SMARTS) is 1. The first-order valence-electron chi connectivity index (χ1n) is 7.80. The van der Waals surface area contributed by atoms with E-state index in [0.717, 1.165) is 6.42 Å². The van der Waals surface area contributed by atoms with Crippen molar-refractivity contribution in [3.05, 3.63) is 0 Å². The molecule has 0 bridgehead atoms. The van der Waals surface area contributed by atoms with Crippen LogP contribution in [0, 0.1) is 5.92 Å². The number of nitrogens with one attached hydrogen (secondary N) is 1. The zero-order valence-corrected chi connectivity index (χ0v) is 12.1. The average Bonchev–Trinajstić information content (AvgIpc) is 3.05. The number of aliphatic carboxylic acids is 1. The number of rotatable bonds is 6. The first-order chi connectivity index (χ1) is 9.61. The molecule has 2 unspecified atom stereocenters. The highest BCUT2D eigenvalue weighted by atomic mass is 16.5. The molecular weight excluding hydrogens is 258 g/mol. The van der Waals surface area contributed by atoms with Gasteiger partial charge in [-0.2, -0.15) is 0 Å². The van der Waals surface area contributed by atoms with E-state index in [2.05, 4.69) is 12.2 Å². The van der Waals surface area contributed by atoms with Gasteiger partial charge in [0.05, 0.1) is 0 Å². The molecule has 1 aliphatic carbocycles. The Morgan fingerprint density at radius 2 is 1.95 bits per heavy atom. The number of hydrogen-bond acceptors (Lipinski definition) is 3. The van der Waals surface area contributed by atoms with E-state index >= 15 is 0 Å². The summed E-state index contributed by atoms with van der Waals surface area (Å²) >= 11 is 0. The molecule has 2 rings (SSSR count). The maximum Gasteiger partial charge on any atom is 0.332 e. The molecule has 2 aliphatic rings. The Balaban J connectivity index is 1.80. The van der Waals surface area contributed by atoms with Gasteiger partial charge in [-0.05, 0) is 38.0 Å². The van der Waals surface area contributed by atoms with Gasteiger partial charge < -0.3 is 15.2 Å². The van der Waals surface area contributed by atoms with Gasteiger partial charge in [-0.25, -0.2) is 4.79 Å². The van der Waals surface area contributed by atoms with Crippen molar-refractivity contribution in [1.29, 1.82) is 0 Å². The Morgan fingerprint density at radius 3 is 2.60 bits per heavy atom. The molecule has 1 saturated carbocycles. The van der Waals surface area contributed by atoms with Crippen molar-refractivity contribution in [3.8, 4) is 0 Å². The van der Waals surface area contributed by atoms with E-state index in [1.807, 2.05) is 0 Å². The lowest BCUT2D eigenvalue weighted by Crippen LogP contribution is -2.43. The van der Waals surface area contributed by atoms with Crippen molar-refractivity contribution in [1.82, 2.24) is 5.32 Å². The first kappa shape index (κ1) is 15.3. The molecule has 4 atom stereocenters. The van der Waals surface area contributed by atoms with Gasteiger partial charge in [0.15, 0.2) is 6.10 Å². The highest BCUT2D eigenvalue weighted by molar-refractivity contribution is 5.82. The van der Waals surface area contributed by atoms with Crippen LogP contribution >= 0.6 is 0 Å². The lowest BCUT2D eigenvalue weighted by molar-refractivity contribution is -0.152. The van der Waals surface area contributed by atoms with E-state index in [1.54, 1.807) is 0 Å². The monoisotopic (exact) mass is 283 g/mol. The molecule has 1 heterocycles. The second-order valence-electron chi connectivity index (χ2n) is 5.98. The maximum atomic E-state index is 12.2. The van der Waals surface area contributed by atoms with E-state index in [9.17, 15) is 9.59 Å². The topological polar surface area (TPSA) is 75.6 Å². The molecule has 20 heavy (non-hydrogen) atoms. The van der Waals surface area contributed by atoms with Crippen molar-refractivity contribution in [3.63, 3.8) is 0 Å². The molecule has 0 aromatic heterocycles. The fourth-order valence-corrected chi connectivity index (χ4v) is 3.33. The molecule has 0 aromatic carbocycles. The predicted molar refractivity (Wildman–Crippen MR) is 74.3 cm³/mol. The van der Waals surface area contributed by atoms with Crippen LogP contribution in [0.15, 0.2) is 0 Å². The van der Waals surface area contributed by atoms with Crippen molar-refractivity contribution in [2.45, 2.75) is 76.5 Å². The molecule has 0 radical (unpaired) electrons. The summed E-state index contributed by atoms with van der Waals surface area (Å²) in [5.41, 5.74) is 0. The lowest BCUT2D eigenvalue weighted by Gasteiger charge is -2.22. The molecule has 1 amide bonds. The van der Waals surface area contributed by atoms with Crippen LogP contribution in [0.25, 0.3) is 0 Å². The Kier molecular flexibility index (Phi) is 5.40. The largest absolute Gasteiger partial charge is 0.479 e. The number of carbonyl (C=O) groups excluding carboxylic acids is 1. The third-order valence-electron chi connectivity index (χ3n) is 4.50. The minimum Gasteiger partial charge on any atom is -0.479 e.